The highest BCUT2D eigenvalue weighted by Gasteiger charge is 2.24. The van der Waals surface area contributed by atoms with Crippen molar-refractivity contribution >= 4 is 23.9 Å². The first-order valence-corrected chi connectivity index (χ1v) is 5.40. The van der Waals surface area contributed by atoms with Crippen LogP contribution in [0, 0.1) is 0 Å². The summed E-state index contributed by atoms with van der Waals surface area (Å²) >= 11 is 0. The maximum Gasteiger partial charge on any atom is 0.346 e. The molecule has 1 rings (SSSR count). The maximum absolute atomic E-state index is 12.1. The van der Waals surface area contributed by atoms with Crippen molar-refractivity contribution in [3.63, 3.8) is 0 Å². The van der Waals surface area contributed by atoms with E-state index in [1.54, 1.807) is 31.3 Å². The zero-order chi connectivity index (χ0) is 13.5. The van der Waals surface area contributed by atoms with Gasteiger partial charge in [0.05, 0.1) is 12.2 Å². The van der Waals surface area contributed by atoms with E-state index in [1.807, 2.05) is 6.07 Å². The van der Waals surface area contributed by atoms with Crippen molar-refractivity contribution in [3.8, 4) is 0 Å². The molecule has 0 spiro atoms. The Morgan fingerprint density at radius 3 is 2.33 bits per heavy atom. The number of hydrogen-bond donors (Lipinski definition) is 1. The van der Waals surface area contributed by atoms with Gasteiger partial charge in [-0.05, 0) is 12.1 Å². The van der Waals surface area contributed by atoms with Crippen LogP contribution in [-0.2, 0) is 9.59 Å². The maximum atomic E-state index is 12.1. The minimum atomic E-state index is -0.594. The molecule has 0 bridgehead atoms. The third-order valence-electron chi connectivity index (χ3n) is 2.30. The quantitative estimate of drug-likeness (QED) is 0.633. The Hall–Kier alpha value is -2.21. The zero-order valence-corrected chi connectivity index (χ0v) is 10.3. The predicted octanol–water partition coefficient (Wildman–Crippen LogP) is 0.795. The summed E-state index contributed by atoms with van der Waals surface area (Å²) in [7, 11) is 1.56. The highest BCUT2D eigenvalue weighted by atomic mass is 16.2. The summed E-state index contributed by atoms with van der Waals surface area (Å²) in [4.78, 5) is 34.8. The van der Waals surface area contributed by atoms with Gasteiger partial charge in [-0.25, -0.2) is 15.2 Å². The van der Waals surface area contributed by atoms with E-state index in [2.05, 4.69) is 5.43 Å². The van der Waals surface area contributed by atoms with Crippen LogP contribution in [0.2, 0.25) is 0 Å². The number of hydrogen-bond acceptors (Lipinski definition) is 4. The molecule has 0 aliphatic heterocycles. The smallest absolute Gasteiger partial charge is 0.301 e. The first-order valence-electron chi connectivity index (χ1n) is 5.40. The Morgan fingerprint density at radius 2 is 1.89 bits per heavy atom. The summed E-state index contributed by atoms with van der Waals surface area (Å²) in [5.41, 5.74) is 3.27. The number of nitrogens with one attached hydrogen (secondary N) is 1. The molecule has 1 aromatic rings. The normalized spacial score (nSPS) is 9.67. The standard InChI is InChI=1S/C12H15N3O3/c1-10(17)14(8-9-16)12(18)15(13-2)11-6-4-3-5-7-11/h3-7,9,13H,8H2,1-2H3. The second-order valence-corrected chi connectivity index (χ2v) is 3.47. The molecule has 0 saturated carbocycles. The van der Waals surface area contributed by atoms with Gasteiger partial charge in [0.1, 0.15) is 6.29 Å². The average Bonchev–Trinajstić information content (AvgIpc) is 2.37. The third-order valence-corrected chi connectivity index (χ3v) is 2.30. The van der Waals surface area contributed by atoms with Gasteiger partial charge in [0, 0.05) is 14.0 Å². The van der Waals surface area contributed by atoms with Gasteiger partial charge in [0.2, 0.25) is 5.91 Å². The molecule has 3 amide bonds. The Kier molecular flexibility index (Phi) is 5.01. The van der Waals surface area contributed by atoms with Gasteiger partial charge in [-0.2, -0.15) is 0 Å². The summed E-state index contributed by atoms with van der Waals surface area (Å²) in [6.07, 6.45) is 0.512. The van der Waals surface area contributed by atoms with Gasteiger partial charge in [-0.3, -0.25) is 9.69 Å². The summed E-state index contributed by atoms with van der Waals surface area (Å²) in [5, 5.41) is 1.20. The fourth-order valence-electron chi connectivity index (χ4n) is 1.45. The number of nitrogens with zero attached hydrogens (tertiary/aromatic N) is 2. The van der Waals surface area contributed by atoms with Crippen molar-refractivity contribution in [2.45, 2.75) is 6.92 Å². The Labute approximate surface area is 105 Å². The van der Waals surface area contributed by atoms with Crippen molar-refractivity contribution in [2.75, 3.05) is 18.6 Å². The summed E-state index contributed by atoms with van der Waals surface area (Å²) < 4.78 is 0. The van der Waals surface area contributed by atoms with Gasteiger partial charge in [-0.1, -0.05) is 18.2 Å². The Morgan fingerprint density at radius 1 is 1.28 bits per heavy atom. The lowest BCUT2D eigenvalue weighted by atomic mass is 10.3. The molecule has 18 heavy (non-hydrogen) atoms. The molecule has 0 atom stereocenters. The van der Waals surface area contributed by atoms with Crippen LogP contribution in [0.3, 0.4) is 0 Å². The van der Waals surface area contributed by atoms with Crippen LogP contribution in [0.5, 0.6) is 0 Å². The van der Waals surface area contributed by atoms with Crippen molar-refractivity contribution in [2.24, 2.45) is 0 Å². The SMILES string of the molecule is CNN(C(=O)N(CC=O)C(C)=O)c1ccccc1. The highest BCUT2D eigenvalue weighted by molar-refractivity contribution is 6.02. The van der Waals surface area contributed by atoms with Gasteiger partial charge in [-0.15, -0.1) is 0 Å². The molecule has 0 unspecified atom stereocenters. The molecular weight excluding hydrogens is 234 g/mol. The molecule has 0 heterocycles. The molecule has 0 aromatic heterocycles. The Balaban J connectivity index is 2.97. The molecule has 0 radical (unpaired) electrons. The number of rotatable bonds is 4. The van der Waals surface area contributed by atoms with E-state index in [1.165, 1.54) is 11.9 Å². The molecule has 1 N–H and O–H groups in total. The third kappa shape index (κ3) is 3.14. The Bertz CT molecular complexity index is 433. The average molecular weight is 249 g/mol. The largest absolute Gasteiger partial charge is 0.346 e. The van der Waals surface area contributed by atoms with Crippen LogP contribution in [0.25, 0.3) is 0 Å². The first kappa shape index (κ1) is 13.9. The molecule has 1 aromatic carbocycles. The zero-order valence-electron chi connectivity index (χ0n) is 10.3. The highest BCUT2D eigenvalue weighted by Crippen LogP contribution is 2.12. The second-order valence-electron chi connectivity index (χ2n) is 3.47. The van der Waals surface area contributed by atoms with Crippen LogP contribution >= 0.6 is 0 Å². The van der Waals surface area contributed by atoms with Gasteiger partial charge >= 0.3 is 6.03 Å². The number of anilines is 1. The van der Waals surface area contributed by atoms with Gasteiger partial charge in [0.15, 0.2) is 0 Å². The van der Waals surface area contributed by atoms with Gasteiger partial charge in [0.25, 0.3) is 0 Å². The van der Waals surface area contributed by atoms with Crippen LogP contribution in [0.15, 0.2) is 30.3 Å². The fraction of sp³-hybridized carbons (Fsp3) is 0.250. The molecular formula is C12H15N3O3. The number of hydrazine groups is 1. The summed E-state index contributed by atoms with van der Waals surface area (Å²) in [5.74, 6) is -0.483. The van der Waals surface area contributed by atoms with Crippen LogP contribution in [0.1, 0.15) is 6.92 Å². The van der Waals surface area contributed by atoms with Crippen LogP contribution < -0.4 is 10.4 Å². The molecule has 0 aliphatic carbocycles. The number of carbonyl (C=O) groups is 3. The monoisotopic (exact) mass is 249 g/mol. The number of benzene rings is 1. The topological polar surface area (TPSA) is 69.7 Å². The molecule has 0 fully saturated rings. The van der Waals surface area contributed by atoms with E-state index in [0.29, 0.717) is 12.0 Å². The van der Waals surface area contributed by atoms with Crippen molar-refractivity contribution < 1.29 is 14.4 Å². The van der Waals surface area contributed by atoms with Gasteiger partial charge < -0.3 is 4.79 Å². The molecule has 6 nitrogen and oxygen atoms in total. The van der Waals surface area contributed by atoms with E-state index in [0.717, 1.165) is 4.90 Å². The minimum Gasteiger partial charge on any atom is -0.301 e. The van der Waals surface area contributed by atoms with Crippen LogP contribution in [0.4, 0.5) is 10.5 Å². The first-order chi connectivity index (χ1) is 8.61. The second kappa shape index (κ2) is 6.51. The number of aldehydes is 1. The molecule has 96 valence electrons. The van der Waals surface area contributed by atoms with E-state index in [4.69, 9.17) is 0 Å². The predicted molar refractivity (Wildman–Crippen MR) is 66.8 cm³/mol. The van der Waals surface area contributed by atoms with Crippen molar-refractivity contribution in [1.82, 2.24) is 10.3 Å². The van der Waals surface area contributed by atoms with Crippen molar-refractivity contribution in [1.29, 1.82) is 0 Å². The van der Waals surface area contributed by atoms with E-state index in [-0.39, 0.29) is 6.54 Å². The van der Waals surface area contributed by atoms with Crippen molar-refractivity contribution in [3.05, 3.63) is 30.3 Å². The fourth-order valence-corrected chi connectivity index (χ4v) is 1.45. The van der Waals surface area contributed by atoms with E-state index >= 15 is 0 Å². The number of para-hydroxylation sites is 1. The number of amides is 3. The van der Waals surface area contributed by atoms with E-state index < -0.39 is 11.9 Å². The lowest BCUT2D eigenvalue weighted by Gasteiger charge is -2.26. The number of carbonyl (C=O) groups excluding carboxylic acids is 3. The summed E-state index contributed by atoms with van der Waals surface area (Å²) in [6.45, 7) is 0.972. The minimum absolute atomic E-state index is 0.265. The summed E-state index contributed by atoms with van der Waals surface area (Å²) in [6, 6.07) is 8.19. The number of imide groups is 1. The van der Waals surface area contributed by atoms with E-state index in [9.17, 15) is 14.4 Å². The number of urea groups is 1. The lowest BCUT2D eigenvalue weighted by Crippen LogP contribution is -2.51. The van der Waals surface area contributed by atoms with Crippen LogP contribution in [-0.4, -0.2) is 36.7 Å². The molecule has 6 heteroatoms. The lowest BCUT2D eigenvalue weighted by molar-refractivity contribution is -0.127. The molecule has 0 aliphatic rings. The molecule has 0 saturated heterocycles.